The van der Waals surface area contributed by atoms with Gasteiger partial charge in [-0.3, -0.25) is 9.59 Å². The van der Waals surface area contributed by atoms with Gasteiger partial charge < -0.3 is 19.9 Å². The maximum absolute atomic E-state index is 12.8. The van der Waals surface area contributed by atoms with Crippen LogP contribution in [0.15, 0.2) is 54.6 Å². The van der Waals surface area contributed by atoms with Crippen LogP contribution in [0.1, 0.15) is 41.2 Å². The number of hydrogen-bond acceptors (Lipinski definition) is 4. The van der Waals surface area contributed by atoms with E-state index < -0.39 is 18.0 Å². The van der Waals surface area contributed by atoms with Gasteiger partial charge in [0, 0.05) is 35.4 Å². The van der Waals surface area contributed by atoms with Crippen LogP contribution in [0.4, 0.5) is 11.4 Å². The van der Waals surface area contributed by atoms with E-state index >= 15 is 0 Å². The van der Waals surface area contributed by atoms with Crippen LogP contribution in [0.2, 0.25) is 0 Å². The molecule has 7 heteroatoms. The lowest BCUT2D eigenvalue weighted by molar-refractivity contribution is -0.123. The van der Waals surface area contributed by atoms with Crippen molar-refractivity contribution < 1.29 is 19.1 Å². The molecule has 1 unspecified atom stereocenters. The van der Waals surface area contributed by atoms with E-state index in [-0.39, 0.29) is 5.91 Å². The number of amides is 2. The third kappa shape index (κ3) is 5.24. The molecule has 0 aliphatic heterocycles. The summed E-state index contributed by atoms with van der Waals surface area (Å²) >= 11 is 0. The van der Waals surface area contributed by atoms with E-state index in [1.807, 2.05) is 49.6 Å². The Hall–Kier alpha value is -3.87. The molecule has 32 heavy (non-hydrogen) atoms. The Morgan fingerprint density at radius 2 is 1.44 bits per heavy atom. The minimum Gasteiger partial charge on any atom is -0.449 e. The number of nitrogens with one attached hydrogen (secondary N) is 2. The molecule has 1 heterocycles. The van der Waals surface area contributed by atoms with E-state index in [0.717, 1.165) is 22.6 Å². The molecule has 0 bridgehead atoms. The summed E-state index contributed by atoms with van der Waals surface area (Å²) in [6.45, 7) is 8.74. The number of aryl methyl sites for hydroxylation is 2. The molecule has 2 amide bonds. The van der Waals surface area contributed by atoms with Crippen molar-refractivity contribution in [1.29, 1.82) is 0 Å². The molecule has 7 nitrogen and oxygen atoms in total. The Balaban J connectivity index is 1.67. The number of aromatic nitrogens is 1. The molecule has 0 fully saturated rings. The average molecular weight is 434 g/mol. The van der Waals surface area contributed by atoms with Crippen LogP contribution < -0.4 is 10.6 Å². The number of anilines is 2. The van der Waals surface area contributed by atoms with Gasteiger partial charge >= 0.3 is 5.97 Å². The summed E-state index contributed by atoms with van der Waals surface area (Å²) in [5, 5.41) is 5.36. The van der Waals surface area contributed by atoms with E-state index in [2.05, 4.69) is 10.6 Å². The second-order valence-electron chi connectivity index (χ2n) is 7.75. The lowest BCUT2D eigenvalue weighted by Crippen LogP contribution is -2.30. The molecular weight excluding hydrogens is 406 g/mol. The largest absolute Gasteiger partial charge is 0.449 e. The van der Waals surface area contributed by atoms with Gasteiger partial charge in [0.1, 0.15) is 0 Å². The molecule has 0 saturated heterocycles. The maximum Gasteiger partial charge on any atom is 0.340 e. The molecule has 1 atom stereocenters. The van der Waals surface area contributed by atoms with Crippen LogP contribution >= 0.6 is 0 Å². The first-order valence-corrected chi connectivity index (χ1v) is 10.3. The number of carbonyl (C=O) groups excluding carboxylic acids is 3. The zero-order valence-electron chi connectivity index (χ0n) is 18.9. The summed E-state index contributed by atoms with van der Waals surface area (Å²) < 4.78 is 7.41. The SMILES string of the molecule is CC(=O)Nc1ccc(NC(=O)C(C)OC(=O)c2cc(C)n(-c3ccc(C)cc3)c2C)cc1. The first-order valence-electron chi connectivity index (χ1n) is 10.3. The smallest absolute Gasteiger partial charge is 0.340 e. The topological polar surface area (TPSA) is 89.4 Å². The maximum atomic E-state index is 12.8. The molecule has 166 valence electrons. The highest BCUT2D eigenvalue weighted by Gasteiger charge is 2.23. The van der Waals surface area contributed by atoms with E-state index in [4.69, 9.17) is 4.74 Å². The fourth-order valence-electron chi connectivity index (χ4n) is 3.42. The Morgan fingerprint density at radius 1 is 0.875 bits per heavy atom. The molecule has 2 N–H and O–H groups in total. The van der Waals surface area contributed by atoms with Gasteiger partial charge in [-0.2, -0.15) is 0 Å². The van der Waals surface area contributed by atoms with Crippen LogP contribution in [0, 0.1) is 20.8 Å². The summed E-state index contributed by atoms with van der Waals surface area (Å²) in [6, 6.07) is 16.5. The highest BCUT2D eigenvalue weighted by molar-refractivity contribution is 5.98. The van der Waals surface area contributed by atoms with E-state index in [9.17, 15) is 14.4 Å². The number of ether oxygens (including phenoxy) is 1. The molecule has 0 aliphatic carbocycles. The monoisotopic (exact) mass is 433 g/mol. The zero-order valence-corrected chi connectivity index (χ0v) is 18.9. The Morgan fingerprint density at radius 3 is 2.00 bits per heavy atom. The van der Waals surface area contributed by atoms with Gasteiger partial charge in [-0.1, -0.05) is 17.7 Å². The van der Waals surface area contributed by atoms with Gasteiger partial charge in [0.25, 0.3) is 5.91 Å². The molecule has 0 spiro atoms. The van der Waals surface area contributed by atoms with Crippen LogP contribution in [-0.4, -0.2) is 28.5 Å². The summed E-state index contributed by atoms with van der Waals surface area (Å²) in [5.41, 5.74) is 5.33. The summed E-state index contributed by atoms with van der Waals surface area (Å²) in [6.07, 6.45) is -0.986. The van der Waals surface area contributed by atoms with Gasteiger partial charge in [0.2, 0.25) is 5.91 Å². The normalized spacial score (nSPS) is 11.5. The van der Waals surface area contributed by atoms with Crippen molar-refractivity contribution in [2.24, 2.45) is 0 Å². The molecule has 0 radical (unpaired) electrons. The third-order valence-corrected chi connectivity index (χ3v) is 5.07. The Labute approximate surface area is 187 Å². The van der Waals surface area contributed by atoms with Crippen molar-refractivity contribution in [3.05, 3.63) is 77.1 Å². The van der Waals surface area contributed by atoms with E-state index in [1.54, 1.807) is 30.3 Å². The Kier molecular flexibility index (Phi) is 6.78. The molecule has 3 rings (SSSR count). The predicted molar refractivity (Wildman–Crippen MR) is 124 cm³/mol. The standard InChI is InChI=1S/C25H27N3O4/c1-15-6-12-22(13-7-15)28-16(2)14-23(17(28)3)25(31)32-18(4)24(30)27-21-10-8-20(9-11-21)26-19(5)29/h6-14,18H,1-5H3,(H,26,29)(H,27,30). The highest BCUT2D eigenvalue weighted by atomic mass is 16.5. The zero-order chi connectivity index (χ0) is 23.4. The molecule has 2 aromatic carbocycles. The van der Waals surface area contributed by atoms with Crippen molar-refractivity contribution in [3.8, 4) is 5.69 Å². The van der Waals surface area contributed by atoms with Crippen LogP contribution in [0.25, 0.3) is 5.69 Å². The fraction of sp³-hybridized carbons (Fsp3) is 0.240. The third-order valence-electron chi connectivity index (χ3n) is 5.07. The molecule has 0 aliphatic rings. The molecule has 1 aromatic heterocycles. The quantitative estimate of drug-likeness (QED) is 0.559. The average Bonchev–Trinajstić information content (AvgIpc) is 3.04. The minimum absolute atomic E-state index is 0.177. The second kappa shape index (κ2) is 9.51. The van der Waals surface area contributed by atoms with E-state index in [0.29, 0.717) is 16.9 Å². The van der Waals surface area contributed by atoms with Gasteiger partial charge in [-0.15, -0.1) is 0 Å². The first kappa shape index (κ1) is 22.8. The fourth-order valence-corrected chi connectivity index (χ4v) is 3.42. The number of nitrogens with zero attached hydrogens (tertiary/aromatic N) is 1. The first-order chi connectivity index (χ1) is 15.2. The van der Waals surface area contributed by atoms with E-state index in [1.165, 1.54) is 13.8 Å². The Bertz CT molecular complexity index is 1150. The molecule has 3 aromatic rings. The van der Waals surface area contributed by atoms with Crippen molar-refractivity contribution in [1.82, 2.24) is 4.57 Å². The lowest BCUT2D eigenvalue weighted by atomic mass is 10.2. The molecular formula is C25H27N3O4. The highest BCUT2D eigenvalue weighted by Crippen LogP contribution is 2.22. The summed E-state index contributed by atoms with van der Waals surface area (Å²) in [7, 11) is 0. The number of rotatable bonds is 6. The van der Waals surface area contributed by atoms with Crippen molar-refractivity contribution >= 4 is 29.2 Å². The van der Waals surface area contributed by atoms with Crippen molar-refractivity contribution in [2.45, 2.75) is 40.7 Å². The minimum atomic E-state index is -0.986. The molecule has 0 saturated carbocycles. The van der Waals surface area contributed by atoms with Crippen molar-refractivity contribution in [2.75, 3.05) is 10.6 Å². The second-order valence-corrected chi connectivity index (χ2v) is 7.75. The number of benzene rings is 2. The van der Waals surface area contributed by atoms with Crippen LogP contribution in [0.5, 0.6) is 0 Å². The number of carbonyl (C=O) groups is 3. The van der Waals surface area contributed by atoms with Gasteiger partial charge in [0.05, 0.1) is 5.56 Å². The summed E-state index contributed by atoms with van der Waals surface area (Å²) in [4.78, 5) is 36.4. The van der Waals surface area contributed by atoms with Gasteiger partial charge in [-0.25, -0.2) is 4.79 Å². The van der Waals surface area contributed by atoms with Crippen LogP contribution in [0.3, 0.4) is 0 Å². The number of hydrogen-bond donors (Lipinski definition) is 2. The van der Waals surface area contributed by atoms with Crippen LogP contribution in [-0.2, 0) is 14.3 Å². The summed E-state index contributed by atoms with van der Waals surface area (Å²) in [5.74, 6) is -1.18. The van der Waals surface area contributed by atoms with Gasteiger partial charge in [-0.05, 0) is 70.2 Å². The predicted octanol–water partition coefficient (Wildman–Crippen LogP) is 4.54. The van der Waals surface area contributed by atoms with Crippen molar-refractivity contribution in [3.63, 3.8) is 0 Å². The lowest BCUT2D eigenvalue weighted by Gasteiger charge is -2.14. The van der Waals surface area contributed by atoms with Gasteiger partial charge in [0.15, 0.2) is 6.10 Å². The number of esters is 1.